The van der Waals surface area contributed by atoms with E-state index in [1.165, 1.54) is 5.56 Å². The first-order valence-corrected chi connectivity index (χ1v) is 7.30. The van der Waals surface area contributed by atoms with Crippen molar-refractivity contribution >= 4 is 28.9 Å². The molecule has 0 radical (unpaired) electrons. The topological polar surface area (TPSA) is 82.5 Å². The van der Waals surface area contributed by atoms with Crippen LogP contribution in [0.25, 0.3) is 11.2 Å². The zero-order valence-electron chi connectivity index (χ0n) is 11.0. The van der Waals surface area contributed by atoms with Crippen LogP contribution in [0.15, 0.2) is 35.4 Å². The third-order valence-electron chi connectivity index (χ3n) is 2.87. The average Bonchev–Trinajstić information content (AvgIpc) is 2.88. The Morgan fingerprint density at radius 3 is 2.75 bits per heavy atom. The monoisotopic (exact) mass is 286 g/mol. The average molecular weight is 286 g/mol. The summed E-state index contributed by atoms with van der Waals surface area (Å²) in [4.78, 5) is 8.49. The first kappa shape index (κ1) is 12.9. The van der Waals surface area contributed by atoms with E-state index in [0.717, 1.165) is 10.8 Å². The minimum atomic E-state index is 0.255. The number of thioether (sulfide) groups is 1. The second kappa shape index (κ2) is 5.46. The molecule has 102 valence electrons. The molecule has 6 nitrogen and oxygen atoms in total. The zero-order valence-corrected chi connectivity index (χ0v) is 11.8. The standard InChI is InChI=1S/C13H14N6S/c1-2-19-11-10(17-18-19)12(16-13(14)15-11)20-8-9-6-4-3-5-7-9/h3-7H,2,8H2,1H3,(H2,14,15,16). The van der Waals surface area contributed by atoms with E-state index in [4.69, 9.17) is 5.73 Å². The lowest BCUT2D eigenvalue weighted by Gasteiger charge is -2.03. The molecule has 3 aromatic rings. The first-order chi connectivity index (χ1) is 9.78. The van der Waals surface area contributed by atoms with Gasteiger partial charge in [0.05, 0.1) is 0 Å². The number of hydrogen-bond donors (Lipinski definition) is 1. The van der Waals surface area contributed by atoms with Crippen LogP contribution in [0.4, 0.5) is 5.95 Å². The van der Waals surface area contributed by atoms with Gasteiger partial charge in [-0.3, -0.25) is 0 Å². The predicted octanol–water partition coefficient (Wildman–Crippen LogP) is 2.12. The molecule has 0 atom stereocenters. The van der Waals surface area contributed by atoms with Gasteiger partial charge in [-0.1, -0.05) is 47.3 Å². The molecular weight excluding hydrogens is 272 g/mol. The van der Waals surface area contributed by atoms with E-state index in [0.29, 0.717) is 17.7 Å². The smallest absolute Gasteiger partial charge is 0.223 e. The van der Waals surface area contributed by atoms with E-state index >= 15 is 0 Å². The molecule has 0 aliphatic carbocycles. The highest BCUT2D eigenvalue weighted by atomic mass is 32.2. The van der Waals surface area contributed by atoms with Crippen LogP contribution in [0.5, 0.6) is 0 Å². The van der Waals surface area contributed by atoms with Crippen molar-refractivity contribution in [1.29, 1.82) is 0 Å². The number of fused-ring (bicyclic) bond motifs is 1. The van der Waals surface area contributed by atoms with E-state index < -0.39 is 0 Å². The Balaban J connectivity index is 1.93. The van der Waals surface area contributed by atoms with Gasteiger partial charge in [0.2, 0.25) is 5.95 Å². The lowest BCUT2D eigenvalue weighted by molar-refractivity contribution is 0.641. The second-order valence-electron chi connectivity index (χ2n) is 4.24. The number of aryl methyl sites for hydroxylation is 1. The van der Waals surface area contributed by atoms with Crippen molar-refractivity contribution in [2.24, 2.45) is 0 Å². The van der Waals surface area contributed by atoms with E-state index in [1.807, 2.05) is 25.1 Å². The molecule has 2 heterocycles. The van der Waals surface area contributed by atoms with E-state index in [9.17, 15) is 0 Å². The number of aromatic nitrogens is 5. The molecule has 0 saturated heterocycles. The molecule has 7 heteroatoms. The van der Waals surface area contributed by atoms with Gasteiger partial charge in [-0.15, -0.1) is 5.10 Å². The Hall–Kier alpha value is -2.15. The summed E-state index contributed by atoms with van der Waals surface area (Å²) in [5.74, 6) is 1.07. The maximum Gasteiger partial charge on any atom is 0.223 e. The Morgan fingerprint density at radius 1 is 1.20 bits per heavy atom. The Labute approximate surface area is 120 Å². The lowest BCUT2D eigenvalue weighted by Crippen LogP contribution is -2.02. The van der Waals surface area contributed by atoms with E-state index in [1.54, 1.807) is 16.4 Å². The van der Waals surface area contributed by atoms with Crippen molar-refractivity contribution in [2.45, 2.75) is 24.2 Å². The number of rotatable bonds is 4. The second-order valence-corrected chi connectivity index (χ2v) is 5.20. The number of hydrogen-bond acceptors (Lipinski definition) is 6. The van der Waals surface area contributed by atoms with Crippen LogP contribution in [0.2, 0.25) is 0 Å². The zero-order chi connectivity index (χ0) is 13.9. The summed E-state index contributed by atoms with van der Waals surface area (Å²) in [7, 11) is 0. The van der Waals surface area contributed by atoms with Gasteiger partial charge in [0.1, 0.15) is 5.03 Å². The minimum absolute atomic E-state index is 0.255. The third-order valence-corrected chi connectivity index (χ3v) is 3.90. The van der Waals surface area contributed by atoms with Gasteiger partial charge in [-0.2, -0.15) is 4.98 Å². The fourth-order valence-corrected chi connectivity index (χ4v) is 2.81. The lowest BCUT2D eigenvalue weighted by atomic mass is 10.2. The van der Waals surface area contributed by atoms with Crippen molar-refractivity contribution in [2.75, 3.05) is 5.73 Å². The summed E-state index contributed by atoms with van der Waals surface area (Å²) in [6, 6.07) is 10.2. The van der Waals surface area contributed by atoms with Crippen LogP contribution in [-0.2, 0) is 12.3 Å². The number of benzene rings is 1. The van der Waals surface area contributed by atoms with Gasteiger partial charge in [-0.25, -0.2) is 9.67 Å². The van der Waals surface area contributed by atoms with Crippen LogP contribution in [-0.4, -0.2) is 25.0 Å². The maximum atomic E-state index is 5.77. The number of nitrogens with zero attached hydrogens (tertiary/aromatic N) is 5. The molecule has 0 unspecified atom stereocenters. The molecule has 2 N–H and O–H groups in total. The fraction of sp³-hybridized carbons (Fsp3) is 0.231. The maximum absolute atomic E-state index is 5.77. The molecule has 20 heavy (non-hydrogen) atoms. The molecule has 0 amide bonds. The quantitative estimate of drug-likeness (QED) is 0.584. The number of nitrogens with two attached hydrogens (primary N) is 1. The van der Waals surface area contributed by atoms with Gasteiger partial charge >= 0.3 is 0 Å². The van der Waals surface area contributed by atoms with Crippen molar-refractivity contribution in [3.05, 3.63) is 35.9 Å². The number of anilines is 1. The van der Waals surface area contributed by atoms with Gasteiger partial charge in [0.15, 0.2) is 11.2 Å². The highest BCUT2D eigenvalue weighted by molar-refractivity contribution is 7.98. The summed E-state index contributed by atoms with van der Waals surface area (Å²) in [5.41, 5.74) is 8.40. The summed E-state index contributed by atoms with van der Waals surface area (Å²) in [6.45, 7) is 2.69. The molecule has 2 aromatic heterocycles. The summed E-state index contributed by atoms with van der Waals surface area (Å²) < 4.78 is 1.72. The van der Waals surface area contributed by atoms with Crippen LogP contribution in [0.1, 0.15) is 12.5 Å². The molecular formula is C13H14N6S. The highest BCUT2D eigenvalue weighted by Gasteiger charge is 2.13. The Kier molecular flexibility index (Phi) is 3.51. The minimum Gasteiger partial charge on any atom is -0.368 e. The highest BCUT2D eigenvalue weighted by Crippen LogP contribution is 2.27. The molecule has 0 spiro atoms. The van der Waals surface area contributed by atoms with Crippen LogP contribution < -0.4 is 5.73 Å². The largest absolute Gasteiger partial charge is 0.368 e. The van der Waals surface area contributed by atoms with Gasteiger partial charge in [0.25, 0.3) is 0 Å². The van der Waals surface area contributed by atoms with Crippen molar-refractivity contribution < 1.29 is 0 Å². The summed E-state index contributed by atoms with van der Waals surface area (Å²) >= 11 is 1.59. The van der Waals surface area contributed by atoms with Crippen LogP contribution in [0.3, 0.4) is 0 Å². The number of nitrogen functional groups attached to an aromatic ring is 1. The van der Waals surface area contributed by atoms with Crippen molar-refractivity contribution in [1.82, 2.24) is 25.0 Å². The fourth-order valence-electron chi connectivity index (χ4n) is 1.89. The van der Waals surface area contributed by atoms with Crippen molar-refractivity contribution in [3.63, 3.8) is 0 Å². The van der Waals surface area contributed by atoms with Gasteiger partial charge < -0.3 is 5.73 Å². The van der Waals surface area contributed by atoms with Crippen LogP contribution in [0, 0.1) is 0 Å². The van der Waals surface area contributed by atoms with E-state index in [-0.39, 0.29) is 5.95 Å². The van der Waals surface area contributed by atoms with E-state index in [2.05, 4.69) is 32.4 Å². The predicted molar refractivity (Wildman–Crippen MR) is 79.2 cm³/mol. The molecule has 1 aromatic carbocycles. The normalized spacial score (nSPS) is 11.1. The van der Waals surface area contributed by atoms with Gasteiger partial charge in [-0.05, 0) is 12.5 Å². The molecule has 0 aliphatic heterocycles. The summed E-state index contributed by atoms with van der Waals surface area (Å²) in [5, 5.41) is 8.99. The SMILES string of the molecule is CCn1nnc2c(SCc3ccccc3)nc(N)nc21. The molecule has 0 fully saturated rings. The molecule has 3 rings (SSSR count). The Morgan fingerprint density at radius 2 is 2.00 bits per heavy atom. The van der Waals surface area contributed by atoms with Crippen LogP contribution >= 0.6 is 11.8 Å². The molecule has 0 saturated carbocycles. The third kappa shape index (κ3) is 2.44. The summed E-state index contributed by atoms with van der Waals surface area (Å²) in [6.07, 6.45) is 0. The molecule has 0 aliphatic rings. The van der Waals surface area contributed by atoms with Gasteiger partial charge in [0, 0.05) is 12.3 Å². The van der Waals surface area contributed by atoms with Crippen molar-refractivity contribution in [3.8, 4) is 0 Å². The first-order valence-electron chi connectivity index (χ1n) is 6.31. The molecule has 0 bridgehead atoms. The Bertz CT molecular complexity index is 724.